The van der Waals surface area contributed by atoms with E-state index in [0.717, 1.165) is 0 Å². The lowest BCUT2D eigenvalue weighted by molar-refractivity contribution is 0.0995. The summed E-state index contributed by atoms with van der Waals surface area (Å²) in [6.45, 7) is 1.77. The molecule has 3 rings (SSSR count). The molecule has 0 atom stereocenters. The van der Waals surface area contributed by atoms with Gasteiger partial charge in [-0.3, -0.25) is 4.79 Å². The maximum absolute atomic E-state index is 11.9. The van der Waals surface area contributed by atoms with Crippen molar-refractivity contribution in [2.45, 2.75) is 6.92 Å². The van der Waals surface area contributed by atoms with Crippen LogP contribution < -0.4 is 11.0 Å². The second-order valence-corrected chi connectivity index (χ2v) is 4.20. The predicted molar refractivity (Wildman–Crippen MR) is 70.3 cm³/mol. The average Bonchev–Trinajstić information content (AvgIpc) is 2.93. The van der Waals surface area contributed by atoms with Crippen molar-refractivity contribution in [1.29, 1.82) is 0 Å². The zero-order valence-electron chi connectivity index (χ0n) is 10.1. The Morgan fingerprint density at radius 3 is 2.68 bits per heavy atom. The number of aromatic nitrogens is 2. The Kier molecular flexibility index (Phi) is 2.49. The minimum Gasteiger partial charge on any atom is -0.456 e. The maximum Gasteiger partial charge on any atom is 0.323 e. The first-order valence-corrected chi connectivity index (χ1v) is 5.72. The molecule has 0 saturated heterocycles. The standard InChI is InChI=1S/C13H11N3O3/c1-7-2-5-11(19-7)12(17)14-8-3-4-9-10(6-8)16-13(18)15-9/h2-6H,1H3,(H,14,17)(H2,15,16,18). The topological polar surface area (TPSA) is 90.9 Å². The number of aryl methyl sites for hydroxylation is 1. The van der Waals surface area contributed by atoms with Crippen LogP contribution in [-0.4, -0.2) is 15.9 Å². The maximum atomic E-state index is 11.9. The lowest BCUT2D eigenvalue weighted by Gasteiger charge is -2.02. The van der Waals surface area contributed by atoms with Crippen molar-refractivity contribution >= 4 is 22.6 Å². The van der Waals surface area contributed by atoms with E-state index in [4.69, 9.17) is 4.42 Å². The highest BCUT2D eigenvalue weighted by molar-refractivity contribution is 6.03. The molecule has 0 aliphatic rings. The highest BCUT2D eigenvalue weighted by Gasteiger charge is 2.10. The number of hydrogen-bond donors (Lipinski definition) is 3. The molecule has 3 N–H and O–H groups in total. The van der Waals surface area contributed by atoms with Gasteiger partial charge in [0.2, 0.25) is 0 Å². The van der Waals surface area contributed by atoms with Gasteiger partial charge >= 0.3 is 5.69 Å². The molecule has 0 saturated carbocycles. The van der Waals surface area contributed by atoms with Crippen molar-refractivity contribution in [2.24, 2.45) is 0 Å². The van der Waals surface area contributed by atoms with Crippen molar-refractivity contribution < 1.29 is 9.21 Å². The quantitative estimate of drug-likeness (QED) is 0.655. The van der Waals surface area contributed by atoms with Gasteiger partial charge in [-0.05, 0) is 37.3 Å². The van der Waals surface area contributed by atoms with Crippen LogP contribution in [0.2, 0.25) is 0 Å². The molecular weight excluding hydrogens is 246 g/mol. The largest absolute Gasteiger partial charge is 0.456 e. The van der Waals surface area contributed by atoms with Gasteiger partial charge in [-0.15, -0.1) is 0 Å². The van der Waals surface area contributed by atoms with E-state index in [1.165, 1.54) is 0 Å². The zero-order chi connectivity index (χ0) is 13.4. The van der Waals surface area contributed by atoms with Crippen LogP contribution in [0, 0.1) is 6.92 Å². The Morgan fingerprint density at radius 1 is 1.16 bits per heavy atom. The molecule has 0 aliphatic carbocycles. The van der Waals surface area contributed by atoms with Gasteiger partial charge in [-0.1, -0.05) is 0 Å². The highest BCUT2D eigenvalue weighted by atomic mass is 16.3. The van der Waals surface area contributed by atoms with Gasteiger partial charge in [-0.2, -0.15) is 0 Å². The third kappa shape index (κ3) is 2.15. The SMILES string of the molecule is Cc1ccc(C(=O)Nc2ccc3[nH]c(=O)[nH]c3c2)o1. The number of amides is 1. The Balaban J connectivity index is 1.88. The van der Waals surface area contributed by atoms with Crippen LogP contribution in [0.25, 0.3) is 11.0 Å². The molecule has 0 unspecified atom stereocenters. The Hall–Kier alpha value is -2.76. The van der Waals surface area contributed by atoms with E-state index in [1.54, 1.807) is 37.3 Å². The van der Waals surface area contributed by atoms with Gasteiger partial charge in [0.15, 0.2) is 5.76 Å². The molecule has 6 heteroatoms. The van der Waals surface area contributed by atoms with Gasteiger partial charge in [0.25, 0.3) is 5.91 Å². The number of H-pyrrole nitrogens is 2. The summed E-state index contributed by atoms with van der Waals surface area (Å²) in [5, 5.41) is 2.70. The van der Waals surface area contributed by atoms with Crippen molar-refractivity contribution in [3.63, 3.8) is 0 Å². The van der Waals surface area contributed by atoms with Crippen LogP contribution in [0.3, 0.4) is 0 Å². The number of carbonyl (C=O) groups excluding carboxylic acids is 1. The average molecular weight is 257 g/mol. The molecule has 6 nitrogen and oxygen atoms in total. The van der Waals surface area contributed by atoms with Gasteiger partial charge in [0.05, 0.1) is 11.0 Å². The van der Waals surface area contributed by atoms with Crippen molar-refractivity contribution in [2.75, 3.05) is 5.32 Å². The summed E-state index contributed by atoms with van der Waals surface area (Å²) in [4.78, 5) is 28.3. The minimum absolute atomic E-state index is 0.250. The molecule has 0 fully saturated rings. The normalized spacial score (nSPS) is 10.8. The van der Waals surface area contributed by atoms with E-state index in [1.807, 2.05) is 0 Å². The molecule has 19 heavy (non-hydrogen) atoms. The summed E-state index contributed by atoms with van der Waals surface area (Å²) < 4.78 is 5.23. The van der Waals surface area contributed by atoms with E-state index in [-0.39, 0.29) is 17.4 Å². The molecule has 0 radical (unpaired) electrons. The third-order valence-corrected chi connectivity index (χ3v) is 2.74. The summed E-state index contributed by atoms with van der Waals surface area (Å²) in [6.07, 6.45) is 0. The molecule has 96 valence electrons. The second kappa shape index (κ2) is 4.16. The van der Waals surface area contributed by atoms with Crippen LogP contribution in [0.15, 0.2) is 39.5 Å². The Labute approximate surface area is 107 Å². The molecule has 1 aromatic carbocycles. The van der Waals surface area contributed by atoms with Gasteiger partial charge in [0, 0.05) is 5.69 Å². The molecule has 3 aromatic rings. The van der Waals surface area contributed by atoms with E-state index in [9.17, 15) is 9.59 Å². The van der Waals surface area contributed by atoms with Gasteiger partial charge in [-0.25, -0.2) is 4.79 Å². The van der Waals surface area contributed by atoms with Crippen LogP contribution in [0.1, 0.15) is 16.3 Å². The van der Waals surface area contributed by atoms with Crippen LogP contribution in [0.4, 0.5) is 5.69 Å². The monoisotopic (exact) mass is 257 g/mol. The summed E-state index contributed by atoms with van der Waals surface area (Å²) in [7, 11) is 0. The fraction of sp³-hybridized carbons (Fsp3) is 0.0769. The second-order valence-electron chi connectivity index (χ2n) is 4.20. The molecule has 2 heterocycles. The van der Waals surface area contributed by atoms with Gasteiger partial charge < -0.3 is 19.7 Å². The predicted octanol–water partition coefficient (Wildman–Crippen LogP) is 2.01. The highest BCUT2D eigenvalue weighted by Crippen LogP contribution is 2.16. The van der Waals surface area contributed by atoms with Crippen molar-refractivity contribution in [3.05, 3.63) is 52.3 Å². The number of hydrogen-bond acceptors (Lipinski definition) is 3. The lowest BCUT2D eigenvalue weighted by atomic mass is 10.2. The number of aromatic amines is 2. The summed E-state index contributed by atoms with van der Waals surface area (Å²) >= 11 is 0. The summed E-state index contributed by atoms with van der Waals surface area (Å²) in [6, 6.07) is 8.44. The third-order valence-electron chi connectivity index (χ3n) is 2.74. The lowest BCUT2D eigenvalue weighted by Crippen LogP contribution is -2.10. The first-order chi connectivity index (χ1) is 9.11. The molecule has 0 aliphatic heterocycles. The van der Waals surface area contributed by atoms with E-state index in [0.29, 0.717) is 22.5 Å². The van der Waals surface area contributed by atoms with Crippen LogP contribution in [-0.2, 0) is 0 Å². The number of anilines is 1. The van der Waals surface area contributed by atoms with E-state index >= 15 is 0 Å². The van der Waals surface area contributed by atoms with Crippen molar-refractivity contribution in [3.8, 4) is 0 Å². The fourth-order valence-electron chi connectivity index (χ4n) is 1.86. The zero-order valence-corrected chi connectivity index (χ0v) is 10.1. The van der Waals surface area contributed by atoms with Gasteiger partial charge in [0.1, 0.15) is 5.76 Å². The first kappa shape index (κ1) is 11.3. The number of furan rings is 1. The smallest absolute Gasteiger partial charge is 0.323 e. The molecular formula is C13H11N3O3. The summed E-state index contributed by atoms with van der Waals surface area (Å²) in [5.41, 5.74) is 1.64. The minimum atomic E-state index is -0.328. The molecule has 1 amide bonds. The number of rotatable bonds is 2. The fourth-order valence-corrected chi connectivity index (χ4v) is 1.86. The molecule has 0 spiro atoms. The number of nitrogens with one attached hydrogen (secondary N) is 3. The number of carbonyl (C=O) groups is 1. The molecule has 0 bridgehead atoms. The molecule has 2 aromatic heterocycles. The number of fused-ring (bicyclic) bond motifs is 1. The van der Waals surface area contributed by atoms with Crippen LogP contribution in [0.5, 0.6) is 0 Å². The van der Waals surface area contributed by atoms with Crippen LogP contribution >= 0.6 is 0 Å². The Morgan fingerprint density at radius 2 is 1.95 bits per heavy atom. The van der Waals surface area contributed by atoms with Crippen molar-refractivity contribution in [1.82, 2.24) is 9.97 Å². The first-order valence-electron chi connectivity index (χ1n) is 5.72. The Bertz CT molecular complexity index is 810. The van der Waals surface area contributed by atoms with E-state index in [2.05, 4.69) is 15.3 Å². The van der Waals surface area contributed by atoms with E-state index < -0.39 is 0 Å². The number of imidazole rings is 1. The number of benzene rings is 1. The summed E-state index contributed by atoms with van der Waals surface area (Å²) in [5.74, 6) is 0.598.